The predicted molar refractivity (Wildman–Crippen MR) is 58.2 cm³/mol. The number of likely N-dealkylation sites (N-methyl/N-ethyl adjacent to an activating group) is 1. The molecule has 0 atom stereocenters. The van der Waals surface area contributed by atoms with E-state index in [1.165, 1.54) is 25.5 Å². The Labute approximate surface area is 90.1 Å². The van der Waals surface area contributed by atoms with E-state index in [0.29, 0.717) is 6.54 Å². The van der Waals surface area contributed by atoms with Gasteiger partial charge in [0, 0.05) is 13.6 Å². The topological polar surface area (TPSA) is 58.2 Å². The van der Waals surface area contributed by atoms with E-state index in [-0.39, 0.29) is 0 Å². The van der Waals surface area contributed by atoms with Crippen molar-refractivity contribution in [2.24, 2.45) is 0 Å². The summed E-state index contributed by atoms with van der Waals surface area (Å²) in [4.78, 5) is 21.9. The van der Waals surface area contributed by atoms with Gasteiger partial charge in [-0.3, -0.25) is 9.59 Å². The molecular formula is C11H18N2O2. The standard InChI is InChI=1S/C11H18N2O2/c1-12-10(14)11(15)13-8-7-9-5-3-2-4-6-9/h5H,2-4,6-8H2,1H3,(H,12,14)(H,13,15). The van der Waals surface area contributed by atoms with Gasteiger partial charge in [-0.2, -0.15) is 0 Å². The van der Waals surface area contributed by atoms with Crippen LogP contribution in [0, 0.1) is 0 Å². The first kappa shape index (κ1) is 11.8. The van der Waals surface area contributed by atoms with E-state index >= 15 is 0 Å². The first-order chi connectivity index (χ1) is 7.24. The molecule has 2 N–H and O–H groups in total. The van der Waals surface area contributed by atoms with Crippen LogP contribution in [0.3, 0.4) is 0 Å². The molecule has 0 aromatic carbocycles. The zero-order chi connectivity index (χ0) is 11.1. The van der Waals surface area contributed by atoms with Gasteiger partial charge in [0.25, 0.3) is 0 Å². The Kier molecular flexibility index (Phi) is 4.87. The van der Waals surface area contributed by atoms with Gasteiger partial charge in [0.2, 0.25) is 0 Å². The molecule has 0 heterocycles. The summed E-state index contributed by atoms with van der Waals surface area (Å²) in [5.41, 5.74) is 1.40. The molecular weight excluding hydrogens is 192 g/mol. The molecule has 0 aromatic rings. The summed E-state index contributed by atoms with van der Waals surface area (Å²) in [5, 5.41) is 4.88. The van der Waals surface area contributed by atoms with Gasteiger partial charge in [-0.1, -0.05) is 11.6 Å². The zero-order valence-electron chi connectivity index (χ0n) is 9.14. The molecule has 0 spiro atoms. The van der Waals surface area contributed by atoms with E-state index in [0.717, 1.165) is 19.3 Å². The number of amides is 2. The van der Waals surface area contributed by atoms with Gasteiger partial charge in [0.15, 0.2) is 0 Å². The minimum atomic E-state index is -0.576. The fraction of sp³-hybridized carbons (Fsp3) is 0.636. The van der Waals surface area contributed by atoms with E-state index < -0.39 is 11.8 Å². The second kappa shape index (κ2) is 6.22. The minimum Gasteiger partial charge on any atom is -0.351 e. The lowest BCUT2D eigenvalue weighted by atomic mass is 9.97. The van der Waals surface area contributed by atoms with Gasteiger partial charge >= 0.3 is 11.8 Å². The number of carbonyl (C=O) groups is 2. The average molecular weight is 210 g/mol. The molecule has 1 aliphatic carbocycles. The van der Waals surface area contributed by atoms with Gasteiger partial charge in [-0.25, -0.2) is 0 Å². The molecule has 0 saturated heterocycles. The fourth-order valence-electron chi connectivity index (χ4n) is 1.66. The maximum Gasteiger partial charge on any atom is 0.309 e. The number of rotatable bonds is 3. The number of hydrogen-bond acceptors (Lipinski definition) is 2. The van der Waals surface area contributed by atoms with Crippen molar-refractivity contribution in [2.75, 3.05) is 13.6 Å². The first-order valence-electron chi connectivity index (χ1n) is 5.42. The maximum atomic E-state index is 11.1. The Bertz CT molecular complexity index is 272. The normalized spacial score (nSPS) is 15.4. The highest BCUT2D eigenvalue weighted by Gasteiger charge is 2.10. The van der Waals surface area contributed by atoms with Crippen LogP contribution in [-0.2, 0) is 9.59 Å². The van der Waals surface area contributed by atoms with Gasteiger partial charge in [0.1, 0.15) is 0 Å². The van der Waals surface area contributed by atoms with Crippen LogP contribution in [-0.4, -0.2) is 25.4 Å². The highest BCUT2D eigenvalue weighted by atomic mass is 16.2. The summed E-state index contributed by atoms with van der Waals surface area (Å²) >= 11 is 0. The second-order valence-corrected chi connectivity index (χ2v) is 3.69. The number of allylic oxidation sites excluding steroid dienone is 1. The lowest BCUT2D eigenvalue weighted by Crippen LogP contribution is -2.38. The molecule has 0 radical (unpaired) electrons. The molecule has 1 aliphatic rings. The Hall–Kier alpha value is -1.32. The highest BCUT2D eigenvalue weighted by Crippen LogP contribution is 2.19. The SMILES string of the molecule is CNC(=O)C(=O)NCCC1=CCCCC1. The van der Waals surface area contributed by atoms with Crippen molar-refractivity contribution in [1.29, 1.82) is 0 Å². The van der Waals surface area contributed by atoms with Crippen molar-refractivity contribution >= 4 is 11.8 Å². The maximum absolute atomic E-state index is 11.1. The molecule has 2 amide bonds. The lowest BCUT2D eigenvalue weighted by Gasteiger charge is -2.12. The predicted octanol–water partition coefficient (Wildman–Crippen LogP) is 0.739. The van der Waals surface area contributed by atoms with Crippen molar-refractivity contribution in [3.05, 3.63) is 11.6 Å². The van der Waals surface area contributed by atoms with Crippen molar-refractivity contribution in [2.45, 2.75) is 32.1 Å². The van der Waals surface area contributed by atoms with Crippen LogP contribution >= 0.6 is 0 Å². The molecule has 0 saturated carbocycles. The molecule has 1 rings (SSSR count). The van der Waals surface area contributed by atoms with E-state index in [1.807, 2.05) is 0 Å². The molecule has 84 valence electrons. The summed E-state index contributed by atoms with van der Waals surface area (Å²) < 4.78 is 0. The minimum absolute atomic E-state index is 0.547. The fourth-order valence-corrected chi connectivity index (χ4v) is 1.66. The van der Waals surface area contributed by atoms with Crippen molar-refractivity contribution in [3.8, 4) is 0 Å². The molecule has 4 nitrogen and oxygen atoms in total. The van der Waals surface area contributed by atoms with Crippen LogP contribution in [0.2, 0.25) is 0 Å². The number of carbonyl (C=O) groups excluding carboxylic acids is 2. The summed E-state index contributed by atoms with van der Waals surface area (Å²) in [5.74, 6) is -1.12. The Morgan fingerprint density at radius 3 is 2.73 bits per heavy atom. The summed E-state index contributed by atoms with van der Waals surface area (Å²) in [6, 6.07) is 0. The van der Waals surface area contributed by atoms with Crippen LogP contribution in [0.4, 0.5) is 0 Å². The molecule has 0 aliphatic heterocycles. The Morgan fingerprint density at radius 1 is 1.33 bits per heavy atom. The molecule has 15 heavy (non-hydrogen) atoms. The number of hydrogen-bond donors (Lipinski definition) is 2. The summed E-state index contributed by atoms with van der Waals surface area (Å²) in [7, 11) is 1.45. The number of nitrogens with one attached hydrogen (secondary N) is 2. The second-order valence-electron chi connectivity index (χ2n) is 3.69. The van der Waals surface area contributed by atoms with E-state index in [9.17, 15) is 9.59 Å². The smallest absolute Gasteiger partial charge is 0.309 e. The third-order valence-corrected chi connectivity index (χ3v) is 2.55. The lowest BCUT2D eigenvalue weighted by molar-refractivity contribution is -0.138. The van der Waals surface area contributed by atoms with Crippen LogP contribution in [0.1, 0.15) is 32.1 Å². The molecule has 0 unspecified atom stereocenters. The zero-order valence-corrected chi connectivity index (χ0v) is 9.14. The monoisotopic (exact) mass is 210 g/mol. The molecule has 4 heteroatoms. The first-order valence-corrected chi connectivity index (χ1v) is 5.42. The van der Waals surface area contributed by atoms with E-state index in [1.54, 1.807) is 0 Å². The molecule has 0 fully saturated rings. The summed E-state index contributed by atoms with van der Waals surface area (Å²) in [6.07, 6.45) is 7.91. The van der Waals surface area contributed by atoms with Gasteiger partial charge in [-0.05, 0) is 32.1 Å². The van der Waals surface area contributed by atoms with Gasteiger partial charge in [-0.15, -0.1) is 0 Å². The third kappa shape index (κ3) is 4.14. The van der Waals surface area contributed by atoms with Crippen molar-refractivity contribution < 1.29 is 9.59 Å². The van der Waals surface area contributed by atoms with Crippen LogP contribution in [0.25, 0.3) is 0 Å². The van der Waals surface area contributed by atoms with E-state index in [4.69, 9.17) is 0 Å². The highest BCUT2D eigenvalue weighted by molar-refractivity contribution is 6.34. The van der Waals surface area contributed by atoms with Crippen LogP contribution in [0.15, 0.2) is 11.6 Å². The summed E-state index contributed by atoms with van der Waals surface area (Å²) in [6.45, 7) is 0.554. The van der Waals surface area contributed by atoms with Crippen molar-refractivity contribution in [3.63, 3.8) is 0 Å². The Balaban J connectivity index is 2.18. The van der Waals surface area contributed by atoms with Crippen molar-refractivity contribution in [1.82, 2.24) is 10.6 Å². The average Bonchev–Trinajstić information content (AvgIpc) is 2.29. The van der Waals surface area contributed by atoms with Gasteiger partial charge in [0.05, 0.1) is 0 Å². The molecule has 0 aromatic heterocycles. The third-order valence-electron chi connectivity index (χ3n) is 2.55. The quantitative estimate of drug-likeness (QED) is 0.533. The van der Waals surface area contributed by atoms with E-state index in [2.05, 4.69) is 16.7 Å². The van der Waals surface area contributed by atoms with Crippen LogP contribution in [0.5, 0.6) is 0 Å². The Morgan fingerprint density at radius 2 is 2.13 bits per heavy atom. The molecule has 0 bridgehead atoms. The van der Waals surface area contributed by atoms with Gasteiger partial charge < -0.3 is 10.6 Å². The van der Waals surface area contributed by atoms with Crippen LogP contribution < -0.4 is 10.6 Å². The largest absolute Gasteiger partial charge is 0.351 e.